The lowest BCUT2D eigenvalue weighted by molar-refractivity contribution is -0.117. The Labute approximate surface area is 134 Å². The number of carbonyl (C=O) groups is 1. The number of hydrogen-bond acceptors (Lipinski definition) is 3. The van der Waals surface area contributed by atoms with Crippen LogP contribution in [0.1, 0.15) is 18.4 Å². The first kappa shape index (κ1) is 13.9. The van der Waals surface area contributed by atoms with Crippen molar-refractivity contribution < 1.29 is 4.79 Å². The molecule has 0 saturated heterocycles. The number of pyridine rings is 1. The molecule has 1 fully saturated rings. The minimum absolute atomic E-state index is 0.0800. The number of benzene rings is 1. The second kappa shape index (κ2) is 5.19. The zero-order valence-electron chi connectivity index (χ0n) is 13.2. The first-order valence-corrected chi connectivity index (χ1v) is 7.80. The monoisotopic (exact) mass is 306 g/mol. The fourth-order valence-electron chi connectivity index (χ4n) is 2.82. The molecule has 0 atom stereocenters. The van der Waals surface area contributed by atoms with Crippen LogP contribution in [-0.4, -0.2) is 20.7 Å². The molecule has 116 valence electrons. The maximum absolute atomic E-state index is 11.9. The van der Waals surface area contributed by atoms with Gasteiger partial charge < -0.3 is 5.32 Å². The van der Waals surface area contributed by atoms with E-state index in [1.54, 1.807) is 4.68 Å². The molecule has 1 amide bonds. The molecule has 0 radical (unpaired) electrons. The van der Waals surface area contributed by atoms with Gasteiger partial charge in [0.25, 0.3) is 0 Å². The second-order valence-corrected chi connectivity index (χ2v) is 6.25. The van der Waals surface area contributed by atoms with Gasteiger partial charge in [-0.05, 0) is 54.5 Å². The molecule has 2 aromatic heterocycles. The summed E-state index contributed by atoms with van der Waals surface area (Å²) in [5, 5.41) is 9.29. The summed E-state index contributed by atoms with van der Waals surface area (Å²) in [4.78, 5) is 16.3. The molecule has 0 spiro atoms. The van der Waals surface area contributed by atoms with Crippen molar-refractivity contribution in [3.63, 3.8) is 0 Å². The fourth-order valence-corrected chi connectivity index (χ4v) is 2.82. The number of carbonyl (C=O) groups excluding carboxylic acids is 1. The second-order valence-electron chi connectivity index (χ2n) is 6.25. The van der Waals surface area contributed by atoms with Crippen LogP contribution in [0.4, 0.5) is 5.82 Å². The van der Waals surface area contributed by atoms with Gasteiger partial charge in [0.05, 0.1) is 6.20 Å². The van der Waals surface area contributed by atoms with Crippen LogP contribution < -0.4 is 5.32 Å². The summed E-state index contributed by atoms with van der Waals surface area (Å²) in [5.41, 5.74) is 3.42. The number of aromatic nitrogens is 3. The third-order valence-corrected chi connectivity index (χ3v) is 4.28. The largest absolute Gasteiger partial charge is 0.310 e. The van der Waals surface area contributed by atoms with Gasteiger partial charge in [0.15, 0.2) is 0 Å². The van der Waals surface area contributed by atoms with E-state index in [9.17, 15) is 4.79 Å². The first-order valence-electron chi connectivity index (χ1n) is 7.80. The lowest BCUT2D eigenvalue weighted by Crippen LogP contribution is -2.14. The third-order valence-electron chi connectivity index (χ3n) is 4.28. The van der Waals surface area contributed by atoms with Crippen LogP contribution in [0.3, 0.4) is 0 Å². The van der Waals surface area contributed by atoms with E-state index in [1.807, 2.05) is 31.7 Å². The Bertz CT molecular complexity index is 909. The van der Waals surface area contributed by atoms with Crippen LogP contribution in [0.5, 0.6) is 0 Å². The minimum Gasteiger partial charge on any atom is -0.310 e. The van der Waals surface area contributed by atoms with Crippen molar-refractivity contribution >= 4 is 22.5 Å². The molecule has 1 aromatic carbocycles. The predicted octanol–water partition coefficient (Wildman–Crippen LogP) is 3.29. The van der Waals surface area contributed by atoms with Gasteiger partial charge in [-0.15, -0.1) is 0 Å². The number of rotatable bonds is 3. The van der Waals surface area contributed by atoms with Gasteiger partial charge in [-0.1, -0.05) is 0 Å². The van der Waals surface area contributed by atoms with Gasteiger partial charge in [0, 0.05) is 36.3 Å². The van der Waals surface area contributed by atoms with Crippen molar-refractivity contribution in [3.05, 3.63) is 42.4 Å². The zero-order chi connectivity index (χ0) is 16.0. The highest BCUT2D eigenvalue weighted by Gasteiger charge is 2.29. The summed E-state index contributed by atoms with van der Waals surface area (Å²) in [6.45, 7) is 2.09. The number of hydrogen-bond donors (Lipinski definition) is 1. The van der Waals surface area contributed by atoms with Crippen molar-refractivity contribution in [2.75, 3.05) is 5.32 Å². The van der Waals surface area contributed by atoms with Crippen LogP contribution in [0.25, 0.3) is 21.9 Å². The van der Waals surface area contributed by atoms with E-state index in [-0.39, 0.29) is 11.8 Å². The van der Waals surface area contributed by atoms with E-state index in [4.69, 9.17) is 0 Å². The normalized spacial score (nSPS) is 14.2. The maximum Gasteiger partial charge on any atom is 0.228 e. The summed E-state index contributed by atoms with van der Waals surface area (Å²) in [7, 11) is 1.91. The molecule has 0 aliphatic heterocycles. The standard InChI is InChI=1S/C18H18N4O/c1-11-5-14-8-19-17(21-18(23)12-3-4-12)7-13(14)6-16(11)15-9-20-22(2)10-15/h5-10,12H,3-4H2,1-2H3,(H,19,21,23). The third kappa shape index (κ3) is 2.70. The lowest BCUT2D eigenvalue weighted by Gasteiger charge is -2.09. The lowest BCUT2D eigenvalue weighted by atomic mass is 9.99. The highest BCUT2D eigenvalue weighted by molar-refractivity contribution is 5.96. The average molecular weight is 306 g/mol. The van der Waals surface area contributed by atoms with Gasteiger partial charge in [-0.3, -0.25) is 9.48 Å². The van der Waals surface area contributed by atoms with Gasteiger partial charge in [-0.25, -0.2) is 4.98 Å². The molecule has 5 nitrogen and oxygen atoms in total. The molecule has 0 unspecified atom stereocenters. The van der Waals surface area contributed by atoms with Crippen molar-refractivity contribution in [1.82, 2.24) is 14.8 Å². The molecule has 23 heavy (non-hydrogen) atoms. The predicted molar refractivity (Wildman–Crippen MR) is 90.0 cm³/mol. The van der Waals surface area contributed by atoms with Crippen LogP contribution in [0, 0.1) is 12.8 Å². The number of anilines is 1. The van der Waals surface area contributed by atoms with Crippen molar-refractivity contribution in [2.24, 2.45) is 13.0 Å². The van der Waals surface area contributed by atoms with Crippen LogP contribution in [-0.2, 0) is 11.8 Å². The maximum atomic E-state index is 11.9. The smallest absolute Gasteiger partial charge is 0.228 e. The van der Waals surface area contributed by atoms with Gasteiger partial charge >= 0.3 is 0 Å². The summed E-state index contributed by atoms with van der Waals surface area (Å²) in [6.07, 6.45) is 7.67. The van der Waals surface area contributed by atoms with Crippen LogP contribution in [0.15, 0.2) is 36.8 Å². The molecule has 3 aromatic rings. The highest BCUT2D eigenvalue weighted by Crippen LogP contribution is 2.31. The first-order chi connectivity index (χ1) is 11.1. The van der Waals surface area contributed by atoms with E-state index in [1.165, 1.54) is 5.56 Å². The van der Waals surface area contributed by atoms with Crippen molar-refractivity contribution in [3.8, 4) is 11.1 Å². The Morgan fingerprint density at radius 3 is 2.74 bits per heavy atom. The molecule has 2 heterocycles. The zero-order valence-corrected chi connectivity index (χ0v) is 13.2. The summed E-state index contributed by atoms with van der Waals surface area (Å²) >= 11 is 0. The summed E-state index contributed by atoms with van der Waals surface area (Å²) in [5.74, 6) is 0.878. The highest BCUT2D eigenvalue weighted by atomic mass is 16.2. The Morgan fingerprint density at radius 2 is 2.04 bits per heavy atom. The van der Waals surface area contributed by atoms with Crippen molar-refractivity contribution in [1.29, 1.82) is 0 Å². The van der Waals surface area contributed by atoms with Gasteiger partial charge in [0.1, 0.15) is 5.82 Å². The summed E-state index contributed by atoms with van der Waals surface area (Å²) in [6, 6.07) is 6.20. The van der Waals surface area contributed by atoms with E-state index in [0.717, 1.165) is 34.7 Å². The number of fused-ring (bicyclic) bond motifs is 1. The van der Waals surface area contributed by atoms with Gasteiger partial charge in [-0.2, -0.15) is 5.10 Å². The Hall–Kier alpha value is -2.69. The number of nitrogens with zero attached hydrogens (tertiary/aromatic N) is 3. The van der Waals surface area contributed by atoms with Crippen LogP contribution in [0.2, 0.25) is 0 Å². The van der Waals surface area contributed by atoms with E-state index >= 15 is 0 Å². The molecule has 5 heteroatoms. The molecule has 0 bridgehead atoms. The number of aryl methyl sites for hydroxylation is 2. The van der Waals surface area contributed by atoms with Crippen LogP contribution >= 0.6 is 0 Å². The Balaban J connectivity index is 1.74. The molecule has 1 aliphatic rings. The molecule has 1 aliphatic carbocycles. The molecular formula is C18H18N4O. The van der Waals surface area contributed by atoms with E-state index in [2.05, 4.69) is 34.5 Å². The van der Waals surface area contributed by atoms with Gasteiger partial charge in [0.2, 0.25) is 5.91 Å². The molecule has 4 rings (SSSR count). The quantitative estimate of drug-likeness (QED) is 0.807. The SMILES string of the molecule is Cc1cc2cnc(NC(=O)C3CC3)cc2cc1-c1cnn(C)c1. The average Bonchev–Trinajstić information content (AvgIpc) is 3.29. The fraction of sp³-hybridized carbons (Fsp3) is 0.278. The minimum atomic E-state index is 0.0800. The topological polar surface area (TPSA) is 59.8 Å². The number of amides is 1. The van der Waals surface area contributed by atoms with E-state index in [0.29, 0.717) is 5.82 Å². The van der Waals surface area contributed by atoms with Crippen molar-refractivity contribution in [2.45, 2.75) is 19.8 Å². The molecule has 1 saturated carbocycles. The Morgan fingerprint density at radius 1 is 1.22 bits per heavy atom. The molecular weight excluding hydrogens is 288 g/mol. The Kier molecular flexibility index (Phi) is 3.15. The number of nitrogens with one attached hydrogen (secondary N) is 1. The molecule has 1 N–H and O–H groups in total. The van der Waals surface area contributed by atoms with E-state index < -0.39 is 0 Å². The summed E-state index contributed by atoms with van der Waals surface area (Å²) < 4.78 is 1.80.